The summed E-state index contributed by atoms with van der Waals surface area (Å²) in [5.41, 5.74) is 1.84. The molecule has 8 heteroatoms. The smallest absolute Gasteiger partial charge is 0.328 e. The van der Waals surface area contributed by atoms with Gasteiger partial charge in [0.2, 0.25) is 0 Å². The molecular formula is C25H38N2O6. The largest absolute Gasteiger partial charge is 0.480 e. The average Bonchev–Trinajstić information content (AvgIpc) is 3.01. The molecule has 0 aromatic rings. The minimum Gasteiger partial charge on any atom is -0.480 e. The Kier molecular flexibility index (Phi) is 6.37. The molecule has 0 radical (unpaired) electrons. The number of aliphatic hydroxyl groups is 2. The number of nitrogens with zero attached hydrogens (tertiary/aromatic N) is 1. The molecule has 184 valence electrons. The van der Waals surface area contributed by atoms with E-state index in [1.807, 2.05) is 6.92 Å². The van der Waals surface area contributed by atoms with Gasteiger partial charge in [-0.1, -0.05) is 24.6 Å². The first kappa shape index (κ1) is 24.2. The standard InChI is InChI=1S/C25H38N2O6/c1-23-9-6-16(27-33-14-21(29)26-20(13-28)22(30)31)12-15(23)4-5-17-18(23)7-10-24(2)19(17)8-11-25(24,3)32/h12,17-20,28,32H,4-11,13-14H2,1-3H3,(H,26,29)(H,30,31)/t17-,18+,19+,20+,23+,24+,25+/m1/s1. The van der Waals surface area contributed by atoms with Gasteiger partial charge >= 0.3 is 5.97 Å². The van der Waals surface area contributed by atoms with Crippen LogP contribution in [0.5, 0.6) is 0 Å². The van der Waals surface area contributed by atoms with Gasteiger partial charge in [0.15, 0.2) is 6.61 Å². The number of oxime groups is 1. The van der Waals surface area contributed by atoms with E-state index in [2.05, 4.69) is 30.4 Å². The van der Waals surface area contributed by atoms with E-state index in [1.165, 1.54) is 5.57 Å². The molecule has 4 rings (SSSR count). The Morgan fingerprint density at radius 1 is 1.15 bits per heavy atom. The van der Waals surface area contributed by atoms with Crippen molar-refractivity contribution in [2.45, 2.75) is 83.8 Å². The number of allylic oxidation sites excluding steroid dienone is 2. The molecule has 0 aromatic heterocycles. The number of carbonyl (C=O) groups excluding carboxylic acids is 1. The molecule has 0 bridgehead atoms. The summed E-state index contributed by atoms with van der Waals surface area (Å²) in [4.78, 5) is 27.9. The van der Waals surface area contributed by atoms with Crippen LogP contribution in [0.4, 0.5) is 0 Å². The number of carboxylic acid groups (broad SMARTS) is 1. The predicted octanol–water partition coefficient (Wildman–Crippen LogP) is 2.63. The van der Waals surface area contributed by atoms with E-state index >= 15 is 0 Å². The Bertz CT molecular complexity index is 867. The van der Waals surface area contributed by atoms with Crippen molar-refractivity contribution in [2.24, 2.45) is 33.7 Å². The summed E-state index contributed by atoms with van der Waals surface area (Å²) in [6.07, 6.45) is 10.4. The van der Waals surface area contributed by atoms with E-state index in [9.17, 15) is 14.7 Å². The van der Waals surface area contributed by atoms with Crippen LogP contribution in [0.25, 0.3) is 0 Å². The van der Waals surface area contributed by atoms with Crippen LogP contribution in [0.3, 0.4) is 0 Å². The number of nitrogens with one attached hydrogen (secondary N) is 1. The van der Waals surface area contributed by atoms with Crippen LogP contribution in [0.1, 0.15) is 72.1 Å². The zero-order valence-electron chi connectivity index (χ0n) is 20.0. The molecule has 1 amide bonds. The lowest BCUT2D eigenvalue weighted by Gasteiger charge is -2.59. The van der Waals surface area contributed by atoms with Gasteiger partial charge in [0, 0.05) is 0 Å². The number of carbonyl (C=O) groups is 2. The van der Waals surface area contributed by atoms with Gasteiger partial charge in [-0.25, -0.2) is 4.79 Å². The molecule has 4 aliphatic rings. The van der Waals surface area contributed by atoms with Crippen molar-refractivity contribution in [3.05, 3.63) is 11.6 Å². The van der Waals surface area contributed by atoms with E-state index in [-0.39, 0.29) is 10.8 Å². The molecule has 3 fully saturated rings. The summed E-state index contributed by atoms with van der Waals surface area (Å²) in [5, 5.41) is 35.3. The van der Waals surface area contributed by atoms with E-state index in [0.29, 0.717) is 17.8 Å². The van der Waals surface area contributed by atoms with Gasteiger partial charge in [-0.15, -0.1) is 0 Å². The number of fused-ring (bicyclic) bond motifs is 5. The number of aliphatic carboxylic acids is 1. The number of rotatable bonds is 6. The summed E-state index contributed by atoms with van der Waals surface area (Å²) in [6.45, 7) is 5.68. The average molecular weight is 463 g/mol. The summed E-state index contributed by atoms with van der Waals surface area (Å²) < 4.78 is 0. The second-order valence-corrected chi connectivity index (χ2v) is 11.3. The molecule has 0 aromatic carbocycles. The van der Waals surface area contributed by atoms with Crippen molar-refractivity contribution in [1.29, 1.82) is 0 Å². The molecular weight excluding hydrogens is 424 g/mol. The van der Waals surface area contributed by atoms with Crippen molar-refractivity contribution in [1.82, 2.24) is 5.32 Å². The quantitative estimate of drug-likeness (QED) is 0.449. The highest BCUT2D eigenvalue weighted by atomic mass is 16.6. The first-order valence-corrected chi connectivity index (χ1v) is 12.3. The van der Waals surface area contributed by atoms with Gasteiger partial charge in [-0.2, -0.15) is 0 Å². The van der Waals surface area contributed by atoms with Gasteiger partial charge in [0.25, 0.3) is 5.91 Å². The minimum atomic E-state index is -1.35. The number of hydrogen-bond acceptors (Lipinski definition) is 6. The molecule has 0 unspecified atom stereocenters. The first-order valence-electron chi connectivity index (χ1n) is 12.3. The second kappa shape index (κ2) is 8.69. The molecule has 7 atom stereocenters. The maximum absolute atomic E-state index is 11.8. The fourth-order valence-corrected chi connectivity index (χ4v) is 7.48. The Balaban J connectivity index is 1.41. The molecule has 0 spiro atoms. The van der Waals surface area contributed by atoms with Crippen LogP contribution >= 0.6 is 0 Å². The zero-order chi connectivity index (χ0) is 24.0. The highest BCUT2D eigenvalue weighted by Gasteiger charge is 2.62. The van der Waals surface area contributed by atoms with Crippen LogP contribution < -0.4 is 5.32 Å². The highest BCUT2D eigenvalue weighted by Crippen LogP contribution is 2.67. The van der Waals surface area contributed by atoms with Gasteiger partial charge in [0.1, 0.15) is 6.04 Å². The van der Waals surface area contributed by atoms with Crippen LogP contribution in [-0.4, -0.2) is 57.8 Å². The van der Waals surface area contributed by atoms with Crippen LogP contribution in [0.15, 0.2) is 16.8 Å². The number of aliphatic hydroxyl groups excluding tert-OH is 1. The first-order chi connectivity index (χ1) is 15.5. The summed E-state index contributed by atoms with van der Waals surface area (Å²) in [6, 6.07) is -1.35. The third-order valence-corrected chi connectivity index (χ3v) is 9.73. The summed E-state index contributed by atoms with van der Waals surface area (Å²) >= 11 is 0. The molecule has 3 saturated carbocycles. The predicted molar refractivity (Wildman–Crippen MR) is 122 cm³/mol. The van der Waals surface area contributed by atoms with Crippen molar-refractivity contribution < 1.29 is 29.7 Å². The second-order valence-electron chi connectivity index (χ2n) is 11.3. The fourth-order valence-electron chi connectivity index (χ4n) is 7.48. The fraction of sp³-hybridized carbons (Fsp3) is 0.800. The highest BCUT2D eigenvalue weighted by molar-refractivity contribution is 5.96. The maximum Gasteiger partial charge on any atom is 0.328 e. The van der Waals surface area contributed by atoms with Crippen LogP contribution in [0.2, 0.25) is 0 Å². The molecule has 4 aliphatic carbocycles. The van der Waals surface area contributed by atoms with Gasteiger partial charge < -0.3 is 25.5 Å². The molecule has 0 aliphatic heterocycles. The molecule has 0 saturated heterocycles. The molecule has 0 heterocycles. The summed E-state index contributed by atoms with van der Waals surface area (Å²) in [5.74, 6) is -0.0492. The topological polar surface area (TPSA) is 128 Å². The van der Waals surface area contributed by atoms with Gasteiger partial charge in [-0.3, -0.25) is 4.79 Å². The Morgan fingerprint density at radius 3 is 2.58 bits per heavy atom. The molecule has 4 N–H and O–H groups in total. The monoisotopic (exact) mass is 462 g/mol. The van der Waals surface area contributed by atoms with Crippen LogP contribution in [0, 0.1) is 28.6 Å². The van der Waals surface area contributed by atoms with Gasteiger partial charge in [0.05, 0.1) is 17.9 Å². The Hall–Kier alpha value is -1.93. The Morgan fingerprint density at radius 2 is 1.88 bits per heavy atom. The van der Waals surface area contributed by atoms with Gasteiger partial charge in [-0.05, 0) is 93.0 Å². The molecule has 8 nitrogen and oxygen atoms in total. The van der Waals surface area contributed by atoms with E-state index in [1.54, 1.807) is 0 Å². The van der Waals surface area contributed by atoms with Crippen molar-refractivity contribution in [2.75, 3.05) is 13.2 Å². The van der Waals surface area contributed by atoms with E-state index < -0.39 is 36.7 Å². The van der Waals surface area contributed by atoms with Crippen molar-refractivity contribution in [3.8, 4) is 0 Å². The minimum absolute atomic E-state index is 0.0249. The number of hydrogen-bond donors (Lipinski definition) is 4. The SMILES string of the molecule is C[C@]12CCC(=NOCC(=O)N[C@@H](CO)C(=O)O)C=C1CC[C@@H]1[C@@H]2CC[C@@]2(C)[C@H]1CC[C@]2(C)O. The third-order valence-electron chi connectivity index (χ3n) is 9.73. The molecule has 33 heavy (non-hydrogen) atoms. The Labute approximate surface area is 195 Å². The lowest BCUT2D eigenvalue weighted by Crippen LogP contribution is -2.53. The van der Waals surface area contributed by atoms with Crippen molar-refractivity contribution in [3.63, 3.8) is 0 Å². The van der Waals surface area contributed by atoms with Crippen molar-refractivity contribution >= 4 is 17.6 Å². The van der Waals surface area contributed by atoms with Crippen LogP contribution in [-0.2, 0) is 14.4 Å². The number of amides is 1. The normalized spacial score (nSPS) is 41.9. The third kappa shape index (κ3) is 4.09. The lowest BCUT2D eigenvalue weighted by atomic mass is 9.46. The summed E-state index contributed by atoms with van der Waals surface area (Å²) in [7, 11) is 0. The van der Waals surface area contributed by atoms with E-state index in [4.69, 9.17) is 15.1 Å². The number of carboxylic acids is 1. The zero-order valence-corrected chi connectivity index (χ0v) is 20.0. The van der Waals surface area contributed by atoms with E-state index in [0.717, 1.165) is 57.1 Å². The lowest BCUT2D eigenvalue weighted by molar-refractivity contribution is -0.143. The maximum atomic E-state index is 11.8.